The number of hydrogen-bond acceptors (Lipinski definition) is 4. The Labute approximate surface area is 126 Å². The molecule has 2 rings (SSSR count). The molecule has 1 aromatic carbocycles. The molecule has 0 spiro atoms. The van der Waals surface area contributed by atoms with Gasteiger partial charge in [0.1, 0.15) is 11.6 Å². The molecule has 21 heavy (non-hydrogen) atoms. The van der Waals surface area contributed by atoms with Gasteiger partial charge in [-0.25, -0.2) is 4.98 Å². The van der Waals surface area contributed by atoms with Gasteiger partial charge in [0, 0.05) is 31.0 Å². The number of hydrogen-bond donors (Lipinski definition) is 1. The Morgan fingerprint density at radius 3 is 2.71 bits per heavy atom. The van der Waals surface area contributed by atoms with Crippen molar-refractivity contribution in [2.24, 2.45) is 5.73 Å². The van der Waals surface area contributed by atoms with Gasteiger partial charge < -0.3 is 15.4 Å². The van der Waals surface area contributed by atoms with Crippen molar-refractivity contribution in [2.75, 3.05) is 19.1 Å². The molecule has 1 aromatic heterocycles. The van der Waals surface area contributed by atoms with E-state index >= 15 is 0 Å². The van der Waals surface area contributed by atoms with Crippen molar-refractivity contribution in [2.45, 2.75) is 26.3 Å². The lowest BCUT2D eigenvalue weighted by Gasteiger charge is -2.20. The zero-order valence-electron chi connectivity index (χ0n) is 13.0. The maximum atomic E-state index is 5.80. The predicted molar refractivity (Wildman–Crippen MR) is 87.2 cm³/mol. The number of benzene rings is 1. The van der Waals surface area contributed by atoms with E-state index in [2.05, 4.69) is 17.9 Å². The first-order valence-corrected chi connectivity index (χ1v) is 7.25. The first kappa shape index (κ1) is 15.3. The van der Waals surface area contributed by atoms with Crippen molar-refractivity contribution >= 4 is 11.5 Å². The van der Waals surface area contributed by atoms with E-state index in [1.807, 2.05) is 37.4 Å². The second kappa shape index (κ2) is 7.09. The lowest BCUT2D eigenvalue weighted by atomic mass is 10.1. The highest BCUT2D eigenvalue weighted by molar-refractivity contribution is 5.61. The Hall–Kier alpha value is -2.07. The van der Waals surface area contributed by atoms with E-state index in [9.17, 15) is 0 Å². The van der Waals surface area contributed by atoms with Crippen LogP contribution in [0.5, 0.6) is 5.75 Å². The summed E-state index contributed by atoms with van der Waals surface area (Å²) in [6.45, 7) is 2.68. The smallest absolute Gasteiger partial charge is 0.133 e. The average Bonchev–Trinajstić information content (AvgIpc) is 2.54. The molecule has 0 bridgehead atoms. The van der Waals surface area contributed by atoms with E-state index in [0.29, 0.717) is 6.54 Å². The third-order valence-electron chi connectivity index (χ3n) is 3.45. The van der Waals surface area contributed by atoms with Crippen LogP contribution in [0.2, 0.25) is 0 Å². The largest absolute Gasteiger partial charge is 0.497 e. The highest BCUT2D eigenvalue weighted by atomic mass is 16.5. The molecule has 0 aliphatic rings. The Morgan fingerprint density at radius 2 is 2.05 bits per heavy atom. The molecule has 0 aliphatic carbocycles. The average molecular weight is 285 g/mol. The van der Waals surface area contributed by atoms with E-state index < -0.39 is 0 Å². The molecule has 1 heterocycles. The second-order valence-electron chi connectivity index (χ2n) is 5.04. The fourth-order valence-electron chi connectivity index (χ4n) is 2.26. The number of pyridine rings is 1. The first-order chi connectivity index (χ1) is 10.2. The van der Waals surface area contributed by atoms with Crippen LogP contribution in [0.3, 0.4) is 0 Å². The molecular formula is C17H23N3O. The fraction of sp³-hybridized carbons (Fsp3) is 0.353. The molecule has 2 aromatic rings. The summed E-state index contributed by atoms with van der Waals surface area (Å²) in [5.41, 5.74) is 9.04. The number of anilines is 2. The van der Waals surface area contributed by atoms with Crippen LogP contribution in [-0.2, 0) is 13.0 Å². The molecule has 4 nitrogen and oxygen atoms in total. The van der Waals surface area contributed by atoms with E-state index in [1.54, 1.807) is 7.11 Å². The Morgan fingerprint density at radius 1 is 1.24 bits per heavy atom. The molecule has 0 radical (unpaired) electrons. The van der Waals surface area contributed by atoms with Crippen LogP contribution >= 0.6 is 0 Å². The molecule has 0 atom stereocenters. The van der Waals surface area contributed by atoms with E-state index in [1.165, 1.54) is 0 Å². The molecule has 0 saturated carbocycles. The van der Waals surface area contributed by atoms with Crippen molar-refractivity contribution in [3.63, 3.8) is 0 Å². The third kappa shape index (κ3) is 3.73. The van der Waals surface area contributed by atoms with Crippen LogP contribution in [0.25, 0.3) is 0 Å². The van der Waals surface area contributed by atoms with E-state index in [0.717, 1.165) is 41.4 Å². The molecule has 112 valence electrons. The predicted octanol–water partition coefficient (Wildman–Crippen LogP) is 3.27. The monoisotopic (exact) mass is 285 g/mol. The number of aromatic nitrogens is 1. The minimum Gasteiger partial charge on any atom is -0.497 e. The maximum absolute atomic E-state index is 5.80. The van der Waals surface area contributed by atoms with Crippen LogP contribution in [0.4, 0.5) is 11.5 Å². The van der Waals surface area contributed by atoms with Gasteiger partial charge in [-0.1, -0.05) is 19.4 Å². The van der Waals surface area contributed by atoms with Crippen molar-refractivity contribution in [1.82, 2.24) is 4.98 Å². The van der Waals surface area contributed by atoms with Crippen LogP contribution in [0.1, 0.15) is 24.6 Å². The first-order valence-electron chi connectivity index (χ1n) is 7.25. The SMILES string of the molecule is CCCc1cc(CN)cc(N(C)c2cccc(OC)c2)n1. The summed E-state index contributed by atoms with van der Waals surface area (Å²) in [4.78, 5) is 6.79. The molecule has 0 saturated heterocycles. The van der Waals surface area contributed by atoms with Crippen LogP contribution in [0, 0.1) is 0 Å². The zero-order chi connectivity index (χ0) is 15.2. The zero-order valence-corrected chi connectivity index (χ0v) is 13.0. The van der Waals surface area contributed by atoms with Gasteiger partial charge in [-0.15, -0.1) is 0 Å². The number of aryl methyl sites for hydroxylation is 1. The van der Waals surface area contributed by atoms with Gasteiger partial charge in [-0.2, -0.15) is 0 Å². The van der Waals surface area contributed by atoms with Gasteiger partial charge in [0.15, 0.2) is 0 Å². The summed E-state index contributed by atoms with van der Waals surface area (Å²) >= 11 is 0. The summed E-state index contributed by atoms with van der Waals surface area (Å²) in [6, 6.07) is 12.1. The second-order valence-corrected chi connectivity index (χ2v) is 5.04. The standard InChI is InChI=1S/C17H23N3O/c1-4-6-14-9-13(12-18)10-17(19-14)20(2)15-7-5-8-16(11-15)21-3/h5,7-11H,4,6,12,18H2,1-3H3. The molecule has 2 N–H and O–H groups in total. The normalized spacial score (nSPS) is 10.5. The highest BCUT2D eigenvalue weighted by Crippen LogP contribution is 2.26. The van der Waals surface area contributed by atoms with Gasteiger partial charge >= 0.3 is 0 Å². The molecule has 0 aliphatic heterocycles. The lowest BCUT2D eigenvalue weighted by molar-refractivity contribution is 0.415. The van der Waals surface area contributed by atoms with Gasteiger partial charge in [0.2, 0.25) is 0 Å². The third-order valence-corrected chi connectivity index (χ3v) is 3.45. The van der Waals surface area contributed by atoms with Crippen molar-refractivity contribution in [3.8, 4) is 5.75 Å². The quantitative estimate of drug-likeness (QED) is 0.885. The van der Waals surface area contributed by atoms with Gasteiger partial charge in [0.05, 0.1) is 7.11 Å². The van der Waals surface area contributed by atoms with E-state index in [4.69, 9.17) is 15.5 Å². The fourth-order valence-corrected chi connectivity index (χ4v) is 2.26. The summed E-state index contributed by atoms with van der Waals surface area (Å²) < 4.78 is 5.28. The van der Waals surface area contributed by atoms with E-state index in [-0.39, 0.29) is 0 Å². The molecule has 0 unspecified atom stereocenters. The highest BCUT2D eigenvalue weighted by Gasteiger charge is 2.09. The Balaban J connectivity index is 2.36. The Kier molecular flexibility index (Phi) is 5.17. The van der Waals surface area contributed by atoms with Crippen LogP contribution in [-0.4, -0.2) is 19.1 Å². The summed E-state index contributed by atoms with van der Waals surface area (Å²) in [7, 11) is 3.68. The number of rotatable bonds is 6. The summed E-state index contributed by atoms with van der Waals surface area (Å²) in [5.74, 6) is 1.75. The maximum Gasteiger partial charge on any atom is 0.133 e. The number of nitrogens with two attached hydrogens (primary N) is 1. The van der Waals surface area contributed by atoms with Crippen LogP contribution < -0.4 is 15.4 Å². The van der Waals surface area contributed by atoms with Crippen molar-refractivity contribution in [3.05, 3.63) is 47.7 Å². The molecule has 4 heteroatoms. The topological polar surface area (TPSA) is 51.4 Å². The summed E-state index contributed by atoms with van der Waals surface area (Å²) in [6.07, 6.45) is 2.04. The summed E-state index contributed by atoms with van der Waals surface area (Å²) in [5, 5.41) is 0. The minimum absolute atomic E-state index is 0.526. The van der Waals surface area contributed by atoms with Gasteiger partial charge in [-0.3, -0.25) is 0 Å². The number of nitrogens with zero attached hydrogens (tertiary/aromatic N) is 2. The van der Waals surface area contributed by atoms with Crippen molar-refractivity contribution < 1.29 is 4.74 Å². The minimum atomic E-state index is 0.526. The van der Waals surface area contributed by atoms with Gasteiger partial charge in [0.25, 0.3) is 0 Å². The molecular weight excluding hydrogens is 262 g/mol. The number of ether oxygens (including phenoxy) is 1. The molecule has 0 fully saturated rings. The lowest BCUT2D eigenvalue weighted by Crippen LogP contribution is -2.13. The van der Waals surface area contributed by atoms with Crippen molar-refractivity contribution in [1.29, 1.82) is 0 Å². The number of methoxy groups -OCH3 is 1. The van der Waals surface area contributed by atoms with Crippen LogP contribution in [0.15, 0.2) is 36.4 Å². The van der Waals surface area contributed by atoms with Gasteiger partial charge in [-0.05, 0) is 36.2 Å². The Bertz CT molecular complexity index is 598. The molecule has 0 amide bonds.